The number of ether oxygens (including phenoxy) is 1. The standard InChI is InChI=1S/C26H23N3O3/c1-16-4-13-24-19(14-16)15-23(17(2)27-24)26(31)29-20-7-5-18(6-8-20)25(30)28-21-9-11-22(32-3)12-10-21/h4-15H,1-3H3,(H,28,30)(H,29,31). The van der Waals surface area contributed by atoms with Gasteiger partial charge in [0.2, 0.25) is 0 Å². The predicted octanol–water partition coefficient (Wildman–Crippen LogP) is 5.36. The van der Waals surface area contributed by atoms with Crippen molar-refractivity contribution in [3.05, 3.63) is 95.2 Å². The summed E-state index contributed by atoms with van der Waals surface area (Å²) in [5.74, 6) is 0.238. The number of methoxy groups -OCH3 is 1. The quantitative estimate of drug-likeness (QED) is 0.451. The van der Waals surface area contributed by atoms with Gasteiger partial charge in [-0.2, -0.15) is 0 Å². The Kier molecular flexibility index (Phi) is 5.85. The number of carbonyl (C=O) groups is 2. The van der Waals surface area contributed by atoms with Crippen LogP contribution in [0.3, 0.4) is 0 Å². The summed E-state index contributed by atoms with van der Waals surface area (Å²) >= 11 is 0. The van der Waals surface area contributed by atoms with E-state index in [1.165, 1.54) is 0 Å². The summed E-state index contributed by atoms with van der Waals surface area (Å²) in [5.41, 5.74) is 4.90. The van der Waals surface area contributed by atoms with E-state index in [-0.39, 0.29) is 11.8 Å². The first-order chi connectivity index (χ1) is 15.4. The smallest absolute Gasteiger partial charge is 0.257 e. The monoisotopic (exact) mass is 425 g/mol. The molecule has 1 heterocycles. The molecular formula is C26H23N3O3. The second kappa shape index (κ2) is 8.89. The molecule has 4 rings (SSSR count). The number of fused-ring (bicyclic) bond motifs is 1. The summed E-state index contributed by atoms with van der Waals surface area (Å²) in [6, 6.07) is 21.7. The maximum absolute atomic E-state index is 12.8. The topological polar surface area (TPSA) is 80.3 Å². The number of amides is 2. The fraction of sp³-hybridized carbons (Fsp3) is 0.115. The molecule has 0 aliphatic heterocycles. The summed E-state index contributed by atoms with van der Waals surface area (Å²) in [7, 11) is 1.59. The Morgan fingerprint density at radius 2 is 1.41 bits per heavy atom. The van der Waals surface area contributed by atoms with Crippen molar-refractivity contribution in [3.63, 3.8) is 0 Å². The molecular weight excluding hydrogens is 402 g/mol. The molecule has 32 heavy (non-hydrogen) atoms. The number of benzene rings is 3. The lowest BCUT2D eigenvalue weighted by Gasteiger charge is -2.10. The Balaban J connectivity index is 1.46. The molecule has 6 nitrogen and oxygen atoms in total. The number of rotatable bonds is 5. The molecule has 2 amide bonds. The van der Waals surface area contributed by atoms with E-state index in [4.69, 9.17) is 4.74 Å². The average molecular weight is 425 g/mol. The highest BCUT2D eigenvalue weighted by Gasteiger charge is 2.13. The van der Waals surface area contributed by atoms with Crippen LogP contribution in [0.5, 0.6) is 5.75 Å². The van der Waals surface area contributed by atoms with Gasteiger partial charge in [0.05, 0.1) is 23.9 Å². The van der Waals surface area contributed by atoms with Gasteiger partial charge in [0.1, 0.15) is 5.75 Å². The van der Waals surface area contributed by atoms with Crippen LogP contribution in [0, 0.1) is 13.8 Å². The van der Waals surface area contributed by atoms with Crippen molar-refractivity contribution < 1.29 is 14.3 Å². The van der Waals surface area contributed by atoms with Crippen LogP contribution in [0.4, 0.5) is 11.4 Å². The molecule has 0 saturated carbocycles. The van der Waals surface area contributed by atoms with E-state index in [0.717, 1.165) is 22.2 Å². The number of anilines is 2. The van der Waals surface area contributed by atoms with Crippen molar-refractivity contribution in [3.8, 4) is 5.75 Å². The third kappa shape index (κ3) is 4.59. The van der Waals surface area contributed by atoms with Crippen LogP contribution in [0.25, 0.3) is 10.9 Å². The van der Waals surface area contributed by atoms with Crippen LogP contribution >= 0.6 is 0 Å². The number of hydrogen-bond donors (Lipinski definition) is 2. The van der Waals surface area contributed by atoms with Crippen LogP contribution in [0.2, 0.25) is 0 Å². The Bertz CT molecular complexity index is 1300. The number of carbonyl (C=O) groups excluding carboxylic acids is 2. The molecule has 0 unspecified atom stereocenters. The van der Waals surface area contributed by atoms with Gasteiger partial charge in [-0.25, -0.2) is 0 Å². The second-order valence-electron chi connectivity index (χ2n) is 7.53. The number of aromatic nitrogens is 1. The highest BCUT2D eigenvalue weighted by atomic mass is 16.5. The van der Waals surface area contributed by atoms with Gasteiger partial charge in [-0.3, -0.25) is 14.6 Å². The summed E-state index contributed by atoms with van der Waals surface area (Å²) < 4.78 is 5.12. The molecule has 0 aliphatic rings. The largest absolute Gasteiger partial charge is 0.497 e. The molecule has 4 aromatic rings. The predicted molar refractivity (Wildman–Crippen MR) is 127 cm³/mol. The zero-order valence-electron chi connectivity index (χ0n) is 18.1. The van der Waals surface area contributed by atoms with E-state index in [1.54, 1.807) is 55.6 Å². The first-order valence-electron chi connectivity index (χ1n) is 10.2. The Morgan fingerprint density at radius 1 is 0.781 bits per heavy atom. The molecule has 6 heteroatoms. The Hall–Kier alpha value is -4.19. The summed E-state index contributed by atoms with van der Waals surface area (Å²) in [4.78, 5) is 29.9. The van der Waals surface area contributed by atoms with Gasteiger partial charge in [0.15, 0.2) is 0 Å². The third-order valence-electron chi connectivity index (χ3n) is 5.16. The van der Waals surface area contributed by atoms with Gasteiger partial charge < -0.3 is 15.4 Å². The molecule has 3 aromatic carbocycles. The summed E-state index contributed by atoms with van der Waals surface area (Å²) in [6.07, 6.45) is 0. The number of nitrogens with zero attached hydrogens (tertiary/aromatic N) is 1. The van der Waals surface area contributed by atoms with Gasteiger partial charge in [-0.1, -0.05) is 11.6 Å². The molecule has 2 N–H and O–H groups in total. The number of pyridine rings is 1. The first kappa shape index (κ1) is 21.1. The van der Waals surface area contributed by atoms with Crippen LogP contribution < -0.4 is 15.4 Å². The van der Waals surface area contributed by atoms with Crippen molar-refractivity contribution in [2.45, 2.75) is 13.8 Å². The van der Waals surface area contributed by atoms with Crippen molar-refractivity contribution in [2.75, 3.05) is 17.7 Å². The van der Waals surface area contributed by atoms with Crippen molar-refractivity contribution in [1.29, 1.82) is 0 Å². The molecule has 0 fully saturated rings. The fourth-order valence-corrected chi connectivity index (χ4v) is 3.40. The van der Waals surface area contributed by atoms with Crippen LogP contribution in [-0.2, 0) is 0 Å². The normalized spacial score (nSPS) is 10.6. The van der Waals surface area contributed by atoms with Gasteiger partial charge >= 0.3 is 0 Å². The second-order valence-corrected chi connectivity index (χ2v) is 7.53. The highest BCUT2D eigenvalue weighted by molar-refractivity contribution is 6.08. The molecule has 0 bridgehead atoms. The average Bonchev–Trinajstić information content (AvgIpc) is 2.79. The lowest BCUT2D eigenvalue weighted by molar-refractivity contribution is 0.101. The summed E-state index contributed by atoms with van der Waals surface area (Å²) in [5, 5.41) is 6.64. The van der Waals surface area contributed by atoms with Gasteiger partial charge in [0, 0.05) is 22.3 Å². The minimum Gasteiger partial charge on any atom is -0.497 e. The van der Waals surface area contributed by atoms with Crippen LogP contribution in [0.15, 0.2) is 72.8 Å². The first-order valence-corrected chi connectivity index (χ1v) is 10.2. The maximum atomic E-state index is 12.8. The third-order valence-corrected chi connectivity index (χ3v) is 5.16. The van der Waals surface area contributed by atoms with Gasteiger partial charge in [-0.15, -0.1) is 0 Å². The van der Waals surface area contributed by atoms with Crippen LogP contribution in [0.1, 0.15) is 32.0 Å². The summed E-state index contributed by atoms with van der Waals surface area (Å²) in [6.45, 7) is 3.83. The molecule has 0 aliphatic carbocycles. The van der Waals surface area contributed by atoms with E-state index >= 15 is 0 Å². The lowest BCUT2D eigenvalue weighted by atomic mass is 10.1. The molecule has 1 aromatic heterocycles. The van der Waals surface area contributed by atoms with E-state index in [1.807, 2.05) is 38.1 Å². The number of aryl methyl sites for hydroxylation is 2. The van der Waals surface area contributed by atoms with Crippen molar-refractivity contribution >= 4 is 34.1 Å². The van der Waals surface area contributed by atoms with E-state index in [9.17, 15) is 9.59 Å². The lowest BCUT2D eigenvalue weighted by Crippen LogP contribution is -2.15. The zero-order chi connectivity index (χ0) is 22.7. The van der Waals surface area contributed by atoms with E-state index in [0.29, 0.717) is 28.2 Å². The number of hydrogen-bond acceptors (Lipinski definition) is 4. The molecule has 0 saturated heterocycles. The molecule has 0 radical (unpaired) electrons. The molecule has 160 valence electrons. The molecule has 0 spiro atoms. The van der Waals surface area contributed by atoms with Crippen LogP contribution in [-0.4, -0.2) is 23.9 Å². The molecule has 0 atom stereocenters. The van der Waals surface area contributed by atoms with Gasteiger partial charge in [0.25, 0.3) is 11.8 Å². The Morgan fingerprint density at radius 3 is 2.06 bits per heavy atom. The van der Waals surface area contributed by atoms with E-state index in [2.05, 4.69) is 15.6 Å². The maximum Gasteiger partial charge on any atom is 0.257 e. The minimum atomic E-state index is -0.242. The highest BCUT2D eigenvalue weighted by Crippen LogP contribution is 2.20. The zero-order valence-corrected chi connectivity index (χ0v) is 18.1. The SMILES string of the molecule is COc1ccc(NC(=O)c2ccc(NC(=O)c3cc4cc(C)ccc4nc3C)cc2)cc1. The fourth-order valence-electron chi connectivity index (χ4n) is 3.40. The Labute approximate surface area is 186 Å². The minimum absolute atomic E-state index is 0.238. The number of nitrogens with one attached hydrogen (secondary N) is 2. The van der Waals surface area contributed by atoms with Crippen molar-refractivity contribution in [2.24, 2.45) is 0 Å². The van der Waals surface area contributed by atoms with Gasteiger partial charge in [-0.05, 0) is 80.6 Å². The van der Waals surface area contributed by atoms with Crippen molar-refractivity contribution in [1.82, 2.24) is 4.98 Å². The van der Waals surface area contributed by atoms with E-state index < -0.39 is 0 Å².